The van der Waals surface area contributed by atoms with Crippen molar-refractivity contribution >= 4 is 5.91 Å². The van der Waals surface area contributed by atoms with Crippen LogP contribution in [-0.2, 0) is 16.0 Å². The van der Waals surface area contributed by atoms with E-state index in [2.05, 4.69) is 39.4 Å². The average Bonchev–Trinajstić information content (AvgIpc) is 3.17. The molecule has 138 valence electrons. The molecular weight excluding hydrogens is 326 g/mol. The van der Waals surface area contributed by atoms with E-state index in [0.29, 0.717) is 11.8 Å². The molecule has 3 heterocycles. The topological polar surface area (TPSA) is 58.2 Å². The first-order chi connectivity index (χ1) is 12.8. The fraction of sp³-hybridized carbons (Fsp3) is 0.524. The van der Waals surface area contributed by atoms with Crippen LogP contribution in [0.1, 0.15) is 48.4 Å². The Morgan fingerprint density at radius 2 is 2.00 bits per heavy atom. The molecule has 5 heteroatoms. The second kappa shape index (κ2) is 8.04. The number of hydrogen-bond acceptors (Lipinski definition) is 3. The van der Waals surface area contributed by atoms with Gasteiger partial charge in [-0.05, 0) is 36.8 Å². The first-order valence-electron chi connectivity index (χ1n) is 9.74. The summed E-state index contributed by atoms with van der Waals surface area (Å²) in [6.07, 6.45) is 6.73. The lowest BCUT2D eigenvalue weighted by Gasteiger charge is -2.35. The van der Waals surface area contributed by atoms with Crippen LogP contribution in [0, 0.1) is 5.92 Å². The summed E-state index contributed by atoms with van der Waals surface area (Å²) in [5, 5.41) is 7.54. The molecule has 2 aliphatic rings. The number of amides is 1. The number of carbonyl (C=O) groups excluding carboxylic acids is 1. The maximum Gasteiger partial charge on any atom is 0.225 e. The van der Waals surface area contributed by atoms with Crippen molar-refractivity contribution in [3.63, 3.8) is 0 Å². The molecule has 2 aromatic rings. The fourth-order valence-electron chi connectivity index (χ4n) is 4.25. The number of carbonyl (C=O) groups is 1. The summed E-state index contributed by atoms with van der Waals surface area (Å²) in [6.45, 7) is 3.12. The third kappa shape index (κ3) is 3.83. The van der Waals surface area contributed by atoms with Gasteiger partial charge >= 0.3 is 0 Å². The largest absolute Gasteiger partial charge is 0.381 e. The molecule has 2 saturated heterocycles. The number of aromatic nitrogens is 2. The highest BCUT2D eigenvalue weighted by atomic mass is 16.5. The van der Waals surface area contributed by atoms with Gasteiger partial charge in [0.15, 0.2) is 0 Å². The lowest BCUT2D eigenvalue weighted by molar-refractivity contribution is -0.139. The normalized spacial score (nSPS) is 21.7. The second-order valence-corrected chi connectivity index (χ2v) is 7.48. The molecule has 0 unspecified atom stereocenters. The Labute approximate surface area is 154 Å². The van der Waals surface area contributed by atoms with E-state index in [0.717, 1.165) is 58.4 Å². The van der Waals surface area contributed by atoms with Crippen molar-refractivity contribution in [3.8, 4) is 0 Å². The minimum absolute atomic E-state index is 0.146. The maximum absolute atomic E-state index is 12.9. The predicted octanol–water partition coefficient (Wildman–Crippen LogP) is 3.13. The molecule has 0 bridgehead atoms. The van der Waals surface area contributed by atoms with Gasteiger partial charge in [-0.2, -0.15) is 5.10 Å². The number of aromatic amines is 1. The summed E-state index contributed by atoms with van der Waals surface area (Å²) in [7, 11) is 0. The molecule has 0 radical (unpaired) electrons. The monoisotopic (exact) mass is 353 g/mol. The number of benzene rings is 1. The molecule has 0 spiro atoms. The van der Waals surface area contributed by atoms with Gasteiger partial charge in [0.2, 0.25) is 5.91 Å². The van der Waals surface area contributed by atoms with Crippen LogP contribution < -0.4 is 0 Å². The third-order valence-corrected chi connectivity index (χ3v) is 5.70. The second-order valence-electron chi connectivity index (χ2n) is 7.48. The Morgan fingerprint density at radius 1 is 1.19 bits per heavy atom. The van der Waals surface area contributed by atoms with Crippen molar-refractivity contribution in [3.05, 3.63) is 53.3 Å². The number of rotatable bonds is 4. The lowest BCUT2D eigenvalue weighted by atomic mass is 9.89. The SMILES string of the molecule is O=C(C1CCOCC1)N1CCC[C@H](c2[nH]ncc2Cc2ccccc2)C1. The summed E-state index contributed by atoms with van der Waals surface area (Å²) in [6, 6.07) is 10.5. The van der Waals surface area contributed by atoms with Crippen LogP contribution >= 0.6 is 0 Å². The maximum atomic E-state index is 12.9. The van der Waals surface area contributed by atoms with Gasteiger partial charge in [-0.3, -0.25) is 9.89 Å². The molecule has 1 amide bonds. The van der Waals surface area contributed by atoms with Gasteiger partial charge in [0.05, 0.1) is 6.20 Å². The molecule has 1 aromatic heterocycles. The summed E-state index contributed by atoms with van der Waals surface area (Å²) in [4.78, 5) is 15.0. The molecular formula is C21H27N3O2. The zero-order chi connectivity index (χ0) is 17.8. The predicted molar refractivity (Wildman–Crippen MR) is 99.9 cm³/mol. The van der Waals surface area contributed by atoms with Crippen molar-refractivity contribution in [2.24, 2.45) is 5.92 Å². The Morgan fingerprint density at radius 3 is 2.81 bits per heavy atom. The molecule has 4 rings (SSSR count). The first kappa shape index (κ1) is 17.3. The highest BCUT2D eigenvalue weighted by molar-refractivity contribution is 5.79. The van der Waals surface area contributed by atoms with E-state index in [4.69, 9.17) is 4.74 Å². The van der Waals surface area contributed by atoms with Crippen LogP contribution in [0.25, 0.3) is 0 Å². The van der Waals surface area contributed by atoms with Crippen LogP contribution in [0.15, 0.2) is 36.5 Å². The molecule has 2 fully saturated rings. The number of hydrogen-bond donors (Lipinski definition) is 1. The molecule has 1 aromatic carbocycles. The van der Waals surface area contributed by atoms with Gasteiger partial charge in [-0.15, -0.1) is 0 Å². The summed E-state index contributed by atoms with van der Waals surface area (Å²) < 4.78 is 5.41. The Hall–Kier alpha value is -2.14. The molecule has 5 nitrogen and oxygen atoms in total. The van der Waals surface area contributed by atoms with E-state index >= 15 is 0 Å². The number of nitrogens with zero attached hydrogens (tertiary/aromatic N) is 2. The lowest BCUT2D eigenvalue weighted by Crippen LogP contribution is -2.43. The Balaban J connectivity index is 1.45. The van der Waals surface area contributed by atoms with E-state index in [1.54, 1.807) is 0 Å². The van der Waals surface area contributed by atoms with Crippen LogP contribution in [0.4, 0.5) is 0 Å². The minimum Gasteiger partial charge on any atom is -0.381 e. The van der Waals surface area contributed by atoms with Crippen LogP contribution in [0.5, 0.6) is 0 Å². The molecule has 26 heavy (non-hydrogen) atoms. The van der Waals surface area contributed by atoms with Crippen molar-refractivity contribution < 1.29 is 9.53 Å². The van der Waals surface area contributed by atoms with Crippen LogP contribution in [-0.4, -0.2) is 47.3 Å². The van der Waals surface area contributed by atoms with E-state index in [1.807, 2.05) is 12.3 Å². The number of likely N-dealkylation sites (tertiary alicyclic amines) is 1. The molecule has 2 aliphatic heterocycles. The van der Waals surface area contributed by atoms with E-state index in [-0.39, 0.29) is 5.92 Å². The van der Waals surface area contributed by atoms with Crippen LogP contribution in [0.2, 0.25) is 0 Å². The quantitative estimate of drug-likeness (QED) is 0.919. The Bertz CT molecular complexity index is 722. The van der Waals surface area contributed by atoms with E-state index in [9.17, 15) is 4.79 Å². The fourth-order valence-corrected chi connectivity index (χ4v) is 4.25. The number of nitrogens with one attached hydrogen (secondary N) is 1. The van der Waals surface area contributed by atoms with Gasteiger partial charge in [-0.1, -0.05) is 30.3 Å². The minimum atomic E-state index is 0.146. The highest BCUT2D eigenvalue weighted by Crippen LogP contribution is 2.30. The molecule has 1 atom stereocenters. The molecule has 0 aliphatic carbocycles. The first-order valence-corrected chi connectivity index (χ1v) is 9.74. The van der Waals surface area contributed by atoms with Gasteiger partial charge in [-0.25, -0.2) is 0 Å². The Kier molecular flexibility index (Phi) is 5.34. The zero-order valence-corrected chi connectivity index (χ0v) is 15.2. The zero-order valence-electron chi connectivity index (χ0n) is 15.2. The highest BCUT2D eigenvalue weighted by Gasteiger charge is 2.31. The summed E-state index contributed by atoms with van der Waals surface area (Å²) in [5.74, 6) is 0.823. The van der Waals surface area contributed by atoms with Crippen LogP contribution in [0.3, 0.4) is 0 Å². The third-order valence-electron chi connectivity index (χ3n) is 5.70. The number of ether oxygens (including phenoxy) is 1. The van der Waals surface area contributed by atoms with Crippen molar-refractivity contribution in [2.45, 2.75) is 38.0 Å². The summed E-state index contributed by atoms with van der Waals surface area (Å²) >= 11 is 0. The standard InChI is InChI=1S/C21H27N3O2/c25-21(17-8-11-26-12-9-17)24-10-4-7-18(15-24)20-19(14-22-23-20)13-16-5-2-1-3-6-16/h1-3,5-6,14,17-18H,4,7-13,15H2,(H,22,23)/t18-/m0/s1. The van der Waals surface area contributed by atoms with Crippen molar-refractivity contribution in [1.29, 1.82) is 0 Å². The number of H-pyrrole nitrogens is 1. The van der Waals surface area contributed by atoms with Gasteiger partial charge < -0.3 is 9.64 Å². The molecule has 0 saturated carbocycles. The van der Waals surface area contributed by atoms with E-state index < -0.39 is 0 Å². The van der Waals surface area contributed by atoms with Gasteiger partial charge in [0, 0.05) is 50.3 Å². The smallest absolute Gasteiger partial charge is 0.225 e. The molecule has 1 N–H and O–H groups in total. The average molecular weight is 353 g/mol. The van der Waals surface area contributed by atoms with Gasteiger partial charge in [0.1, 0.15) is 0 Å². The van der Waals surface area contributed by atoms with Crippen molar-refractivity contribution in [1.82, 2.24) is 15.1 Å². The van der Waals surface area contributed by atoms with E-state index in [1.165, 1.54) is 16.8 Å². The number of piperidine rings is 1. The van der Waals surface area contributed by atoms with Crippen molar-refractivity contribution in [2.75, 3.05) is 26.3 Å². The summed E-state index contributed by atoms with van der Waals surface area (Å²) in [5.41, 5.74) is 3.75. The van der Waals surface area contributed by atoms with Gasteiger partial charge in [0.25, 0.3) is 0 Å².